The Morgan fingerprint density at radius 2 is 1.96 bits per heavy atom. The van der Waals surface area contributed by atoms with Crippen LogP contribution in [-0.4, -0.2) is 33.4 Å². The number of aromatic nitrogens is 2. The molecule has 0 aliphatic carbocycles. The molecule has 0 saturated carbocycles. The van der Waals surface area contributed by atoms with Gasteiger partial charge in [-0.05, 0) is 19.1 Å². The van der Waals surface area contributed by atoms with Gasteiger partial charge in [0.1, 0.15) is 12.0 Å². The quantitative estimate of drug-likeness (QED) is 0.763. The predicted octanol–water partition coefficient (Wildman–Crippen LogP) is 0.390. The molecule has 1 aromatic heterocycles. The van der Waals surface area contributed by atoms with Gasteiger partial charge < -0.3 is 10.1 Å². The summed E-state index contributed by atoms with van der Waals surface area (Å²) in [4.78, 5) is 49.6. The van der Waals surface area contributed by atoms with Crippen LogP contribution >= 0.6 is 11.8 Å². The minimum Gasteiger partial charge on any atom is -0.459 e. The number of esters is 1. The zero-order valence-electron chi connectivity index (χ0n) is 13.2. The van der Waals surface area contributed by atoms with Crippen LogP contribution in [-0.2, 0) is 9.53 Å². The van der Waals surface area contributed by atoms with Crippen molar-refractivity contribution in [3.8, 4) is 0 Å². The number of carbonyl (C=O) groups excluding carboxylic acids is 2. The van der Waals surface area contributed by atoms with Crippen LogP contribution in [0.4, 0.5) is 0 Å². The smallest absolute Gasteiger partial charge is 0.338 e. The lowest BCUT2D eigenvalue weighted by atomic mass is 10.2. The molecule has 1 amide bonds. The molecule has 9 heteroatoms. The molecule has 1 fully saturated rings. The third kappa shape index (κ3) is 3.66. The fourth-order valence-electron chi connectivity index (χ4n) is 2.32. The van der Waals surface area contributed by atoms with Crippen LogP contribution in [0, 0.1) is 6.92 Å². The highest BCUT2D eigenvalue weighted by Crippen LogP contribution is 2.31. The topological polar surface area (TPSA) is 110 Å². The molecule has 3 rings (SSSR count). The fraction of sp³-hybridized carbons (Fsp3) is 0.250. The first-order chi connectivity index (χ1) is 12.0. The minimum atomic E-state index is -0.830. The average Bonchev–Trinajstić information content (AvgIpc) is 2.97. The van der Waals surface area contributed by atoms with Crippen molar-refractivity contribution in [1.29, 1.82) is 0 Å². The molecule has 0 unspecified atom stereocenters. The molecule has 1 saturated heterocycles. The van der Waals surface area contributed by atoms with E-state index in [2.05, 4.69) is 10.3 Å². The third-order valence-electron chi connectivity index (χ3n) is 3.59. The van der Waals surface area contributed by atoms with Crippen molar-refractivity contribution in [2.45, 2.75) is 17.7 Å². The lowest BCUT2D eigenvalue weighted by molar-refractivity contribution is -0.121. The van der Waals surface area contributed by atoms with Crippen molar-refractivity contribution >= 4 is 23.6 Å². The van der Waals surface area contributed by atoms with Crippen LogP contribution in [0.5, 0.6) is 0 Å². The van der Waals surface area contributed by atoms with Gasteiger partial charge in [0.15, 0.2) is 5.37 Å². The maximum Gasteiger partial charge on any atom is 0.338 e. The fourth-order valence-corrected chi connectivity index (χ4v) is 3.44. The van der Waals surface area contributed by atoms with Gasteiger partial charge in [0.05, 0.1) is 5.56 Å². The van der Waals surface area contributed by atoms with Crippen molar-refractivity contribution in [3.63, 3.8) is 0 Å². The summed E-state index contributed by atoms with van der Waals surface area (Å²) in [5.74, 6) is -0.879. The molecular formula is C16H15N3O5S. The third-order valence-corrected chi connectivity index (χ3v) is 4.88. The second-order valence-electron chi connectivity index (χ2n) is 5.43. The van der Waals surface area contributed by atoms with Gasteiger partial charge in [-0.3, -0.25) is 19.1 Å². The number of hydrogen-bond donors (Lipinski definition) is 2. The van der Waals surface area contributed by atoms with E-state index >= 15 is 0 Å². The number of carbonyl (C=O) groups is 2. The van der Waals surface area contributed by atoms with Crippen LogP contribution in [0.15, 0.2) is 46.1 Å². The maximum atomic E-state index is 12.1. The molecule has 0 spiro atoms. The first-order valence-electron chi connectivity index (χ1n) is 7.46. The van der Waals surface area contributed by atoms with Gasteiger partial charge in [-0.2, -0.15) is 0 Å². The van der Waals surface area contributed by atoms with E-state index in [1.807, 2.05) is 0 Å². The van der Waals surface area contributed by atoms with E-state index in [4.69, 9.17) is 4.74 Å². The monoisotopic (exact) mass is 361 g/mol. The number of rotatable bonds is 4. The number of thioether (sulfide) groups is 1. The Morgan fingerprint density at radius 1 is 1.24 bits per heavy atom. The van der Waals surface area contributed by atoms with E-state index in [0.29, 0.717) is 11.1 Å². The van der Waals surface area contributed by atoms with Crippen LogP contribution in [0.1, 0.15) is 21.3 Å². The van der Waals surface area contributed by atoms with Gasteiger partial charge in [-0.25, -0.2) is 9.59 Å². The van der Waals surface area contributed by atoms with E-state index in [-0.39, 0.29) is 12.5 Å². The first kappa shape index (κ1) is 17.0. The van der Waals surface area contributed by atoms with Crippen LogP contribution in [0.25, 0.3) is 0 Å². The van der Waals surface area contributed by atoms with E-state index in [9.17, 15) is 19.2 Å². The maximum absolute atomic E-state index is 12.1. The van der Waals surface area contributed by atoms with Crippen molar-refractivity contribution in [2.24, 2.45) is 0 Å². The molecule has 1 aromatic carbocycles. The highest BCUT2D eigenvalue weighted by Gasteiger charge is 2.35. The van der Waals surface area contributed by atoms with Gasteiger partial charge in [0.25, 0.3) is 11.5 Å². The lowest BCUT2D eigenvalue weighted by Gasteiger charge is -2.12. The Kier molecular flexibility index (Phi) is 4.75. The summed E-state index contributed by atoms with van der Waals surface area (Å²) in [6, 6.07) is 8.51. The number of aryl methyl sites for hydroxylation is 1. The van der Waals surface area contributed by atoms with E-state index in [1.54, 1.807) is 37.3 Å². The highest BCUT2D eigenvalue weighted by molar-refractivity contribution is 8.01. The number of amides is 1. The van der Waals surface area contributed by atoms with Crippen molar-refractivity contribution in [3.05, 3.63) is 68.5 Å². The molecule has 1 aliphatic heterocycles. The number of nitrogens with zero attached hydrogens (tertiary/aromatic N) is 1. The van der Waals surface area contributed by atoms with Gasteiger partial charge in [0, 0.05) is 11.8 Å². The Hall–Kier alpha value is -2.81. The molecule has 25 heavy (non-hydrogen) atoms. The van der Waals surface area contributed by atoms with Gasteiger partial charge in [-0.1, -0.05) is 30.0 Å². The highest BCUT2D eigenvalue weighted by atomic mass is 32.2. The van der Waals surface area contributed by atoms with E-state index in [0.717, 1.165) is 16.3 Å². The van der Waals surface area contributed by atoms with Crippen molar-refractivity contribution < 1.29 is 14.3 Å². The molecule has 1 aliphatic rings. The number of ether oxygens (including phenoxy) is 1. The Morgan fingerprint density at radius 3 is 2.68 bits per heavy atom. The summed E-state index contributed by atoms with van der Waals surface area (Å²) < 4.78 is 6.36. The molecular weight excluding hydrogens is 346 g/mol. The summed E-state index contributed by atoms with van der Waals surface area (Å²) in [5.41, 5.74) is -0.406. The Bertz CT molecular complexity index is 921. The molecule has 130 valence electrons. The standard InChI is InChI=1S/C16H15N3O5S/c1-9-7-19(16(23)18-12(9)20)14-13(21)17-11(25-14)8-24-15(22)10-5-3-2-4-6-10/h2-7,11,14H,8H2,1H3,(H,17,21)(H,18,20,23)/t11-,14-/m1/s1. The minimum absolute atomic E-state index is 0.0300. The summed E-state index contributed by atoms with van der Waals surface area (Å²) >= 11 is 1.14. The van der Waals surface area contributed by atoms with Crippen LogP contribution in [0.3, 0.4) is 0 Å². The van der Waals surface area contributed by atoms with E-state index in [1.165, 1.54) is 6.20 Å². The van der Waals surface area contributed by atoms with Crippen molar-refractivity contribution in [2.75, 3.05) is 6.61 Å². The van der Waals surface area contributed by atoms with Crippen LogP contribution < -0.4 is 16.6 Å². The normalized spacial score (nSPS) is 19.5. The summed E-state index contributed by atoms with van der Waals surface area (Å²) in [5, 5.41) is 1.35. The number of H-pyrrole nitrogens is 1. The Balaban J connectivity index is 1.67. The lowest BCUT2D eigenvalue weighted by Crippen LogP contribution is -2.36. The molecule has 0 bridgehead atoms. The molecule has 0 radical (unpaired) electrons. The molecule has 2 heterocycles. The summed E-state index contributed by atoms with van der Waals surface area (Å²) in [6.07, 6.45) is 1.34. The zero-order valence-corrected chi connectivity index (χ0v) is 14.0. The number of nitrogens with one attached hydrogen (secondary N) is 2. The van der Waals surface area contributed by atoms with Crippen LogP contribution in [0.2, 0.25) is 0 Å². The molecule has 2 aromatic rings. The van der Waals surface area contributed by atoms with Gasteiger partial charge in [0.2, 0.25) is 0 Å². The number of benzene rings is 1. The molecule has 8 nitrogen and oxygen atoms in total. The SMILES string of the molecule is Cc1cn([C@@H]2S[C@H](COC(=O)c3ccccc3)NC2=O)c(=O)[nH]c1=O. The first-order valence-corrected chi connectivity index (χ1v) is 8.40. The Labute approximate surface area is 146 Å². The number of aromatic amines is 1. The summed E-state index contributed by atoms with van der Waals surface area (Å²) in [6.45, 7) is 1.52. The second kappa shape index (κ2) is 6.98. The van der Waals surface area contributed by atoms with Gasteiger partial charge >= 0.3 is 11.7 Å². The molecule has 2 atom stereocenters. The largest absolute Gasteiger partial charge is 0.459 e. The predicted molar refractivity (Wildman–Crippen MR) is 91.3 cm³/mol. The van der Waals surface area contributed by atoms with Gasteiger partial charge in [-0.15, -0.1) is 0 Å². The summed E-state index contributed by atoms with van der Waals surface area (Å²) in [7, 11) is 0. The number of hydrogen-bond acceptors (Lipinski definition) is 6. The average molecular weight is 361 g/mol. The second-order valence-corrected chi connectivity index (χ2v) is 6.72. The zero-order chi connectivity index (χ0) is 18.0. The molecule has 2 N–H and O–H groups in total. The van der Waals surface area contributed by atoms with Crippen molar-refractivity contribution in [1.82, 2.24) is 14.9 Å². The van der Waals surface area contributed by atoms with E-state index < -0.39 is 28.0 Å².